The zero-order valence-corrected chi connectivity index (χ0v) is 14.6. The molecular weight excluding hydrogens is 308 g/mol. The first-order chi connectivity index (χ1) is 9.95. The molecule has 1 aromatic rings. The molecule has 1 heterocycles. The van der Waals surface area contributed by atoms with Gasteiger partial charge in [0.1, 0.15) is 4.21 Å². The van der Waals surface area contributed by atoms with Crippen LogP contribution < -0.4 is 10.0 Å². The van der Waals surface area contributed by atoms with E-state index in [0.29, 0.717) is 29.9 Å². The van der Waals surface area contributed by atoms with Gasteiger partial charge in [-0.2, -0.15) is 0 Å². The molecule has 5 nitrogen and oxygen atoms in total. The molecule has 122 valence electrons. The van der Waals surface area contributed by atoms with Crippen LogP contribution in [-0.2, 0) is 21.2 Å². The zero-order chi connectivity index (χ0) is 15.7. The second-order valence-corrected chi connectivity index (χ2v) is 8.35. The summed E-state index contributed by atoms with van der Waals surface area (Å²) < 4.78 is 32.5. The monoisotopic (exact) mass is 334 g/mol. The average Bonchev–Trinajstić information content (AvgIpc) is 2.88. The van der Waals surface area contributed by atoms with Gasteiger partial charge in [0.05, 0.1) is 6.61 Å². The van der Waals surface area contributed by atoms with Crippen LogP contribution in [0.15, 0.2) is 16.3 Å². The van der Waals surface area contributed by atoms with Crippen LogP contribution in [-0.4, -0.2) is 41.3 Å². The van der Waals surface area contributed by atoms with E-state index in [1.807, 2.05) is 6.07 Å². The minimum absolute atomic E-state index is 0.305. The third-order valence-corrected chi connectivity index (χ3v) is 5.79. The molecule has 0 unspecified atom stereocenters. The highest BCUT2D eigenvalue weighted by atomic mass is 32.2. The smallest absolute Gasteiger partial charge is 0.250 e. The molecule has 0 radical (unpaired) electrons. The van der Waals surface area contributed by atoms with Crippen LogP contribution in [0.5, 0.6) is 0 Å². The van der Waals surface area contributed by atoms with Gasteiger partial charge in [0, 0.05) is 18.0 Å². The van der Waals surface area contributed by atoms with Gasteiger partial charge in [-0.25, -0.2) is 13.1 Å². The number of hydrogen-bond donors (Lipinski definition) is 2. The van der Waals surface area contributed by atoms with Crippen molar-refractivity contribution in [2.24, 2.45) is 5.92 Å². The molecule has 7 heteroatoms. The van der Waals surface area contributed by atoms with E-state index < -0.39 is 10.0 Å². The van der Waals surface area contributed by atoms with Gasteiger partial charge in [-0.05, 0) is 37.6 Å². The number of hydrogen-bond acceptors (Lipinski definition) is 5. The second-order valence-electron chi connectivity index (χ2n) is 5.19. The van der Waals surface area contributed by atoms with Crippen molar-refractivity contribution in [2.75, 3.05) is 32.8 Å². The Kier molecular flexibility index (Phi) is 8.43. The van der Waals surface area contributed by atoms with E-state index in [1.54, 1.807) is 6.07 Å². The summed E-state index contributed by atoms with van der Waals surface area (Å²) in [5.74, 6) is 0.457. The molecule has 1 rings (SSSR count). The van der Waals surface area contributed by atoms with Gasteiger partial charge in [0.15, 0.2) is 0 Å². The van der Waals surface area contributed by atoms with Gasteiger partial charge >= 0.3 is 0 Å². The van der Waals surface area contributed by atoms with Crippen molar-refractivity contribution in [3.05, 3.63) is 17.0 Å². The number of thiophene rings is 1. The highest BCUT2D eigenvalue weighted by Gasteiger charge is 2.16. The van der Waals surface area contributed by atoms with Crippen molar-refractivity contribution in [2.45, 2.75) is 31.4 Å². The third kappa shape index (κ3) is 7.37. The first-order valence-corrected chi connectivity index (χ1v) is 9.62. The van der Waals surface area contributed by atoms with Crippen molar-refractivity contribution in [3.63, 3.8) is 0 Å². The second kappa shape index (κ2) is 9.53. The highest BCUT2D eigenvalue weighted by molar-refractivity contribution is 7.91. The zero-order valence-electron chi connectivity index (χ0n) is 13.0. The molecule has 0 saturated carbocycles. The number of rotatable bonds is 11. The van der Waals surface area contributed by atoms with Crippen LogP contribution >= 0.6 is 11.3 Å². The molecule has 0 amide bonds. The van der Waals surface area contributed by atoms with Gasteiger partial charge in [0.25, 0.3) is 0 Å². The minimum atomic E-state index is -3.40. The summed E-state index contributed by atoms with van der Waals surface area (Å²) in [4.78, 5) is 1.08. The van der Waals surface area contributed by atoms with Gasteiger partial charge in [-0.3, -0.25) is 0 Å². The normalized spacial score (nSPS) is 12.2. The Morgan fingerprint density at radius 2 is 2.05 bits per heavy atom. The van der Waals surface area contributed by atoms with Crippen LogP contribution in [0.25, 0.3) is 0 Å². The Bertz CT molecular complexity index is 498. The Morgan fingerprint density at radius 1 is 1.29 bits per heavy atom. The lowest BCUT2D eigenvalue weighted by atomic mass is 10.2. The maximum absolute atomic E-state index is 12.1. The molecule has 0 aliphatic rings. The quantitative estimate of drug-likeness (QED) is 0.606. The van der Waals surface area contributed by atoms with E-state index in [2.05, 4.69) is 30.8 Å². The fourth-order valence-electron chi connectivity index (χ4n) is 1.66. The summed E-state index contributed by atoms with van der Waals surface area (Å²) in [7, 11) is -3.40. The summed E-state index contributed by atoms with van der Waals surface area (Å²) in [6, 6.07) is 3.55. The van der Waals surface area contributed by atoms with Gasteiger partial charge in [0.2, 0.25) is 10.0 Å². The predicted octanol–water partition coefficient (Wildman–Crippen LogP) is 1.85. The lowest BCUT2D eigenvalue weighted by molar-refractivity contribution is 0.114. The van der Waals surface area contributed by atoms with E-state index in [4.69, 9.17) is 4.74 Å². The fourth-order valence-corrected chi connectivity index (χ4v) is 4.08. The van der Waals surface area contributed by atoms with Gasteiger partial charge in [-0.15, -0.1) is 11.3 Å². The Morgan fingerprint density at radius 3 is 2.71 bits per heavy atom. The molecular formula is C14H26N2O3S2. The molecule has 0 atom stereocenters. The third-order valence-electron chi connectivity index (χ3n) is 2.69. The standard InChI is InChI=1S/C14H26N2O3S2/c1-4-15-8-7-13-5-6-14(20-13)21(17,18)16-9-10-19-11-12(2)3/h5-6,12,15-16H,4,7-11H2,1-3H3. The summed E-state index contributed by atoms with van der Waals surface area (Å²) in [5.41, 5.74) is 0. The number of nitrogens with one attached hydrogen (secondary N) is 2. The van der Waals surface area contributed by atoms with Crippen LogP contribution in [0.3, 0.4) is 0 Å². The van der Waals surface area contributed by atoms with Crippen molar-refractivity contribution in [1.82, 2.24) is 10.0 Å². The van der Waals surface area contributed by atoms with Crippen LogP contribution in [0.4, 0.5) is 0 Å². The average molecular weight is 335 g/mol. The molecule has 0 aromatic carbocycles. The first kappa shape index (κ1) is 18.6. The number of ether oxygens (including phenoxy) is 1. The van der Waals surface area contributed by atoms with Crippen molar-refractivity contribution < 1.29 is 13.2 Å². The van der Waals surface area contributed by atoms with E-state index >= 15 is 0 Å². The molecule has 2 N–H and O–H groups in total. The van der Waals surface area contributed by atoms with E-state index in [0.717, 1.165) is 24.4 Å². The molecule has 0 saturated heterocycles. The maximum Gasteiger partial charge on any atom is 0.250 e. The molecule has 0 bridgehead atoms. The van der Waals surface area contributed by atoms with E-state index in [9.17, 15) is 8.42 Å². The van der Waals surface area contributed by atoms with Crippen molar-refractivity contribution in [1.29, 1.82) is 0 Å². The summed E-state index contributed by atoms with van der Waals surface area (Å²) >= 11 is 1.33. The topological polar surface area (TPSA) is 67.4 Å². The van der Waals surface area contributed by atoms with Crippen molar-refractivity contribution >= 4 is 21.4 Å². The minimum Gasteiger partial charge on any atom is -0.380 e. The first-order valence-electron chi connectivity index (χ1n) is 7.32. The lowest BCUT2D eigenvalue weighted by Gasteiger charge is -2.07. The van der Waals surface area contributed by atoms with E-state index in [1.165, 1.54) is 11.3 Å². The molecule has 0 aliphatic heterocycles. The maximum atomic E-state index is 12.1. The SMILES string of the molecule is CCNCCc1ccc(S(=O)(=O)NCCOCC(C)C)s1. The van der Waals surface area contributed by atoms with Crippen LogP contribution in [0.2, 0.25) is 0 Å². The molecule has 1 aromatic heterocycles. The summed E-state index contributed by atoms with van der Waals surface area (Å²) in [5, 5.41) is 3.23. The van der Waals surface area contributed by atoms with Gasteiger partial charge in [-0.1, -0.05) is 20.8 Å². The predicted molar refractivity (Wildman–Crippen MR) is 87.4 cm³/mol. The lowest BCUT2D eigenvalue weighted by Crippen LogP contribution is -2.27. The fraction of sp³-hybridized carbons (Fsp3) is 0.714. The Labute approximate surface area is 132 Å². The molecule has 0 spiro atoms. The molecule has 0 fully saturated rings. The van der Waals surface area contributed by atoms with E-state index in [-0.39, 0.29) is 0 Å². The van der Waals surface area contributed by atoms with Crippen LogP contribution in [0.1, 0.15) is 25.6 Å². The van der Waals surface area contributed by atoms with Crippen LogP contribution in [0, 0.1) is 5.92 Å². The molecule has 21 heavy (non-hydrogen) atoms. The van der Waals surface area contributed by atoms with Gasteiger partial charge < -0.3 is 10.1 Å². The Hall–Kier alpha value is -0.470. The molecule has 0 aliphatic carbocycles. The largest absolute Gasteiger partial charge is 0.380 e. The summed E-state index contributed by atoms with van der Waals surface area (Å²) in [6.07, 6.45) is 0.853. The van der Waals surface area contributed by atoms with Crippen molar-refractivity contribution in [3.8, 4) is 0 Å². The highest BCUT2D eigenvalue weighted by Crippen LogP contribution is 2.21. The number of sulfonamides is 1. The Balaban J connectivity index is 2.39. The summed E-state index contributed by atoms with van der Waals surface area (Å²) in [6.45, 7) is 9.32. The number of likely N-dealkylation sites (N-methyl/N-ethyl adjacent to an activating group) is 1.